The van der Waals surface area contributed by atoms with E-state index < -0.39 is 0 Å². The van der Waals surface area contributed by atoms with E-state index in [2.05, 4.69) is 192 Å². The lowest BCUT2D eigenvalue weighted by Crippen LogP contribution is -2.09. The van der Waals surface area contributed by atoms with Crippen LogP contribution in [0.25, 0.3) is 43.8 Å². The van der Waals surface area contributed by atoms with Crippen LogP contribution in [0.3, 0.4) is 0 Å². The van der Waals surface area contributed by atoms with Gasteiger partial charge in [0.15, 0.2) is 0 Å². The third-order valence-corrected chi connectivity index (χ3v) is 9.20. The zero-order valence-electron chi connectivity index (χ0n) is 26.8. The van der Waals surface area contributed by atoms with Gasteiger partial charge in [0, 0.05) is 51.0 Å². The Morgan fingerprint density at radius 2 is 0.755 bits per heavy atom. The van der Waals surface area contributed by atoms with Crippen molar-refractivity contribution in [3.8, 4) is 11.1 Å². The fraction of sp³-hybridized carbons (Fsp3) is 0. The van der Waals surface area contributed by atoms with Gasteiger partial charge in [0.25, 0.3) is 0 Å². The summed E-state index contributed by atoms with van der Waals surface area (Å²) < 4.78 is 6.29. The lowest BCUT2D eigenvalue weighted by atomic mass is 10.00. The molecule has 8 aromatic carbocycles. The molecule has 0 fully saturated rings. The highest BCUT2D eigenvalue weighted by Gasteiger charge is 2.16. The molecule has 0 saturated carbocycles. The third-order valence-electron chi connectivity index (χ3n) is 9.20. The van der Waals surface area contributed by atoms with Crippen molar-refractivity contribution in [2.75, 3.05) is 9.80 Å². The summed E-state index contributed by atoms with van der Waals surface area (Å²) in [5.41, 5.74) is 10.7. The number of hydrogen-bond donors (Lipinski definition) is 0. The summed E-state index contributed by atoms with van der Waals surface area (Å²) in [6.45, 7) is 0. The molecule has 0 N–H and O–H groups in total. The number of para-hydroxylation sites is 4. The summed E-state index contributed by atoms with van der Waals surface area (Å²) in [5.74, 6) is 0. The Hall–Kier alpha value is -6.58. The van der Waals surface area contributed by atoms with E-state index >= 15 is 0 Å². The maximum atomic E-state index is 6.29. The summed E-state index contributed by atoms with van der Waals surface area (Å²) in [4.78, 5) is 4.59. The highest BCUT2D eigenvalue weighted by molar-refractivity contribution is 6.06. The standard InChI is InChI=1S/C46H32N2O/c1-4-12-37(13-5-1)47(38-14-6-2-7-15-38)40-25-22-33(23-26-40)35-21-20-34-24-27-41(31-36(34)30-35)48(39-16-8-3-9-17-39)42-28-29-44-43-18-10-11-19-45(43)49-46(44)32-42/h1-32H. The number of rotatable bonds is 7. The minimum atomic E-state index is 0.879. The van der Waals surface area contributed by atoms with Crippen LogP contribution < -0.4 is 9.80 Å². The van der Waals surface area contributed by atoms with E-state index in [1.807, 2.05) is 12.1 Å². The monoisotopic (exact) mass is 628 g/mol. The first-order chi connectivity index (χ1) is 24.3. The van der Waals surface area contributed by atoms with Gasteiger partial charge in [-0.05, 0) is 107 Å². The SMILES string of the molecule is c1ccc(N(c2ccccc2)c2ccc(-c3ccc4ccc(N(c5ccccc5)c5ccc6c(c5)oc5ccccc56)cc4c3)cc2)cc1. The Bertz CT molecular complexity index is 2500. The minimum absolute atomic E-state index is 0.879. The smallest absolute Gasteiger partial charge is 0.137 e. The van der Waals surface area contributed by atoms with Crippen molar-refractivity contribution < 1.29 is 4.42 Å². The molecule has 0 unspecified atom stereocenters. The maximum absolute atomic E-state index is 6.29. The number of nitrogens with zero attached hydrogens (tertiary/aromatic N) is 2. The Balaban J connectivity index is 1.10. The Kier molecular flexibility index (Phi) is 7.14. The highest BCUT2D eigenvalue weighted by Crippen LogP contribution is 2.40. The number of hydrogen-bond acceptors (Lipinski definition) is 3. The predicted octanol–water partition coefficient (Wildman–Crippen LogP) is 13.3. The fourth-order valence-electron chi connectivity index (χ4n) is 6.84. The van der Waals surface area contributed by atoms with Crippen LogP contribution >= 0.6 is 0 Å². The fourth-order valence-corrected chi connectivity index (χ4v) is 6.84. The predicted molar refractivity (Wildman–Crippen MR) is 206 cm³/mol. The lowest BCUT2D eigenvalue weighted by molar-refractivity contribution is 0.669. The Labute approximate surface area is 285 Å². The molecule has 1 aromatic heterocycles. The molecule has 0 saturated heterocycles. The average Bonchev–Trinajstić information content (AvgIpc) is 3.54. The number of benzene rings is 8. The maximum Gasteiger partial charge on any atom is 0.137 e. The van der Waals surface area contributed by atoms with Crippen LogP contribution in [0.2, 0.25) is 0 Å². The molecule has 3 heteroatoms. The molecule has 232 valence electrons. The van der Waals surface area contributed by atoms with Gasteiger partial charge in [0.05, 0.1) is 0 Å². The van der Waals surface area contributed by atoms with Crippen LogP contribution in [0.15, 0.2) is 199 Å². The molecule has 0 amide bonds. The van der Waals surface area contributed by atoms with Gasteiger partial charge in [-0.1, -0.05) is 103 Å². The van der Waals surface area contributed by atoms with Crippen LogP contribution in [-0.4, -0.2) is 0 Å². The Morgan fingerprint density at radius 3 is 1.43 bits per heavy atom. The van der Waals surface area contributed by atoms with Crippen LogP contribution in [-0.2, 0) is 0 Å². The van der Waals surface area contributed by atoms with Crippen molar-refractivity contribution in [1.82, 2.24) is 0 Å². The molecule has 9 rings (SSSR count). The first kappa shape index (κ1) is 28.6. The summed E-state index contributed by atoms with van der Waals surface area (Å²) in [5, 5.41) is 4.64. The normalized spacial score (nSPS) is 11.3. The van der Waals surface area contributed by atoms with Gasteiger partial charge < -0.3 is 14.2 Å². The van der Waals surface area contributed by atoms with Crippen LogP contribution in [0.4, 0.5) is 34.1 Å². The zero-order valence-corrected chi connectivity index (χ0v) is 26.8. The van der Waals surface area contributed by atoms with Gasteiger partial charge >= 0.3 is 0 Å². The summed E-state index contributed by atoms with van der Waals surface area (Å²) in [7, 11) is 0. The number of furan rings is 1. The quantitative estimate of drug-likeness (QED) is 0.175. The van der Waals surface area contributed by atoms with Crippen molar-refractivity contribution in [1.29, 1.82) is 0 Å². The topological polar surface area (TPSA) is 19.6 Å². The van der Waals surface area contributed by atoms with Crippen LogP contribution in [0, 0.1) is 0 Å². The van der Waals surface area contributed by atoms with Gasteiger partial charge in [0.1, 0.15) is 11.2 Å². The van der Waals surface area contributed by atoms with Gasteiger partial charge in [0.2, 0.25) is 0 Å². The molecule has 1 heterocycles. The molecule has 0 aliphatic heterocycles. The molecule has 3 nitrogen and oxygen atoms in total. The molecule has 49 heavy (non-hydrogen) atoms. The summed E-state index contributed by atoms with van der Waals surface area (Å²) in [6, 6.07) is 68.6. The number of fused-ring (bicyclic) bond motifs is 4. The molecule has 0 aliphatic carbocycles. The van der Waals surface area contributed by atoms with E-state index in [9.17, 15) is 0 Å². The third kappa shape index (κ3) is 5.38. The highest BCUT2D eigenvalue weighted by atomic mass is 16.3. The van der Waals surface area contributed by atoms with E-state index in [-0.39, 0.29) is 0 Å². The minimum Gasteiger partial charge on any atom is -0.456 e. The van der Waals surface area contributed by atoms with Crippen molar-refractivity contribution in [2.24, 2.45) is 0 Å². The average molecular weight is 629 g/mol. The van der Waals surface area contributed by atoms with E-state index in [0.29, 0.717) is 0 Å². The molecule has 0 aliphatic rings. The molecular formula is C46H32N2O. The van der Waals surface area contributed by atoms with E-state index in [4.69, 9.17) is 4.42 Å². The second-order valence-corrected chi connectivity index (χ2v) is 12.2. The molecule has 0 atom stereocenters. The zero-order chi connectivity index (χ0) is 32.6. The Morgan fingerprint density at radius 1 is 0.286 bits per heavy atom. The lowest BCUT2D eigenvalue weighted by Gasteiger charge is -2.26. The van der Waals surface area contributed by atoms with E-state index in [1.54, 1.807) is 0 Å². The largest absolute Gasteiger partial charge is 0.456 e. The molecular weight excluding hydrogens is 597 g/mol. The first-order valence-corrected chi connectivity index (χ1v) is 16.6. The van der Waals surface area contributed by atoms with Crippen LogP contribution in [0.5, 0.6) is 0 Å². The second-order valence-electron chi connectivity index (χ2n) is 12.2. The van der Waals surface area contributed by atoms with Gasteiger partial charge in [-0.15, -0.1) is 0 Å². The molecule has 0 radical (unpaired) electrons. The van der Waals surface area contributed by atoms with Crippen molar-refractivity contribution in [3.05, 3.63) is 194 Å². The van der Waals surface area contributed by atoms with Crippen molar-refractivity contribution in [3.63, 3.8) is 0 Å². The van der Waals surface area contributed by atoms with Crippen LogP contribution in [0.1, 0.15) is 0 Å². The van der Waals surface area contributed by atoms with Gasteiger partial charge in [-0.3, -0.25) is 0 Å². The van der Waals surface area contributed by atoms with E-state index in [0.717, 1.165) is 56.1 Å². The van der Waals surface area contributed by atoms with Crippen molar-refractivity contribution >= 4 is 66.8 Å². The molecule has 9 aromatic rings. The summed E-state index contributed by atoms with van der Waals surface area (Å²) in [6.07, 6.45) is 0. The van der Waals surface area contributed by atoms with Gasteiger partial charge in [-0.2, -0.15) is 0 Å². The van der Waals surface area contributed by atoms with Gasteiger partial charge in [-0.25, -0.2) is 0 Å². The molecule has 0 spiro atoms. The van der Waals surface area contributed by atoms with E-state index in [1.165, 1.54) is 21.9 Å². The number of anilines is 6. The second kappa shape index (κ2) is 12.2. The summed E-state index contributed by atoms with van der Waals surface area (Å²) >= 11 is 0. The molecule has 0 bridgehead atoms. The van der Waals surface area contributed by atoms with Crippen molar-refractivity contribution in [2.45, 2.75) is 0 Å². The first-order valence-electron chi connectivity index (χ1n) is 16.6.